The molecular formula is C19H20FNO. The van der Waals surface area contributed by atoms with Gasteiger partial charge in [0.15, 0.2) is 0 Å². The van der Waals surface area contributed by atoms with Crippen molar-refractivity contribution in [1.29, 1.82) is 0 Å². The second kappa shape index (κ2) is 6.73. The maximum absolute atomic E-state index is 12.9. The van der Waals surface area contributed by atoms with Crippen LogP contribution in [0.4, 0.5) is 4.39 Å². The first-order valence-electron chi connectivity index (χ1n) is 7.81. The van der Waals surface area contributed by atoms with E-state index in [0.717, 1.165) is 37.9 Å². The fraction of sp³-hybridized carbons (Fsp3) is 0.316. The molecule has 1 amide bonds. The number of amides is 1. The summed E-state index contributed by atoms with van der Waals surface area (Å²) in [6.07, 6.45) is 2.99. The third kappa shape index (κ3) is 3.53. The van der Waals surface area contributed by atoms with Crippen LogP contribution in [0.15, 0.2) is 54.6 Å². The Morgan fingerprint density at radius 2 is 1.64 bits per heavy atom. The first-order valence-corrected chi connectivity index (χ1v) is 7.81. The molecule has 1 aliphatic heterocycles. The third-order valence-corrected chi connectivity index (χ3v) is 4.36. The van der Waals surface area contributed by atoms with Crippen LogP contribution in [-0.4, -0.2) is 23.9 Å². The molecule has 0 unspecified atom stereocenters. The zero-order valence-electron chi connectivity index (χ0n) is 12.5. The molecule has 1 fully saturated rings. The molecule has 0 saturated carbocycles. The van der Waals surface area contributed by atoms with Crippen LogP contribution >= 0.6 is 0 Å². The number of hydrogen-bond acceptors (Lipinski definition) is 1. The Hall–Kier alpha value is -2.16. The van der Waals surface area contributed by atoms with Crippen LogP contribution in [0.5, 0.6) is 0 Å². The van der Waals surface area contributed by atoms with Crippen LogP contribution in [0.25, 0.3) is 0 Å². The standard InChI is InChI=1S/C19H20FNO/c20-18-8-6-15(7-9-18)14-16-10-12-21(13-11-16)19(22)17-4-2-1-3-5-17/h1-9,16H,10-14H2. The Balaban J connectivity index is 1.54. The summed E-state index contributed by atoms with van der Waals surface area (Å²) in [5.41, 5.74) is 1.94. The van der Waals surface area contributed by atoms with Crippen molar-refractivity contribution in [2.75, 3.05) is 13.1 Å². The summed E-state index contributed by atoms with van der Waals surface area (Å²) in [4.78, 5) is 14.3. The largest absolute Gasteiger partial charge is 0.339 e. The number of rotatable bonds is 3. The average molecular weight is 297 g/mol. The van der Waals surface area contributed by atoms with E-state index < -0.39 is 0 Å². The quantitative estimate of drug-likeness (QED) is 0.841. The van der Waals surface area contributed by atoms with Gasteiger partial charge in [-0.25, -0.2) is 4.39 Å². The van der Waals surface area contributed by atoms with Crippen molar-refractivity contribution in [3.63, 3.8) is 0 Å². The van der Waals surface area contributed by atoms with Crippen LogP contribution in [0, 0.1) is 11.7 Å². The lowest BCUT2D eigenvalue weighted by molar-refractivity contribution is 0.0690. The summed E-state index contributed by atoms with van der Waals surface area (Å²) in [7, 11) is 0. The molecule has 0 radical (unpaired) electrons. The van der Waals surface area contributed by atoms with Gasteiger partial charge in [-0.15, -0.1) is 0 Å². The molecular weight excluding hydrogens is 277 g/mol. The fourth-order valence-electron chi connectivity index (χ4n) is 3.06. The van der Waals surface area contributed by atoms with E-state index in [4.69, 9.17) is 0 Å². The SMILES string of the molecule is O=C(c1ccccc1)N1CCC(Cc2ccc(F)cc2)CC1. The molecule has 1 saturated heterocycles. The van der Waals surface area contributed by atoms with E-state index in [2.05, 4.69) is 0 Å². The molecule has 22 heavy (non-hydrogen) atoms. The third-order valence-electron chi connectivity index (χ3n) is 4.36. The van der Waals surface area contributed by atoms with Crippen molar-refractivity contribution in [3.05, 3.63) is 71.5 Å². The Morgan fingerprint density at radius 3 is 2.27 bits per heavy atom. The maximum Gasteiger partial charge on any atom is 0.253 e. The van der Waals surface area contributed by atoms with E-state index in [0.29, 0.717) is 5.92 Å². The van der Waals surface area contributed by atoms with E-state index in [-0.39, 0.29) is 11.7 Å². The highest BCUT2D eigenvalue weighted by Gasteiger charge is 2.23. The van der Waals surface area contributed by atoms with Gasteiger partial charge in [0.1, 0.15) is 5.82 Å². The van der Waals surface area contributed by atoms with Crippen molar-refractivity contribution >= 4 is 5.91 Å². The average Bonchev–Trinajstić information content (AvgIpc) is 2.58. The molecule has 1 heterocycles. The molecule has 1 aliphatic rings. The number of likely N-dealkylation sites (tertiary alicyclic amines) is 1. The summed E-state index contributed by atoms with van der Waals surface area (Å²) >= 11 is 0. The van der Waals surface area contributed by atoms with E-state index in [1.807, 2.05) is 47.4 Å². The summed E-state index contributed by atoms with van der Waals surface area (Å²) < 4.78 is 12.9. The number of carbonyl (C=O) groups excluding carboxylic acids is 1. The van der Waals surface area contributed by atoms with Crippen molar-refractivity contribution in [3.8, 4) is 0 Å². The minimum absolute atomic E-state index is 0.126. The first kappa shape index (κ1) is 14.8. The molecule has 3 heteroatoms. The van der Waals surface area contributed by atoms with Gasteiger partial charge in [0.05, 0.1) is 0 Å². The lowest BCUT2D eigenvalue weighted by Crippen LogP contribution is -2.38. The minimum Gasteiger partial charge on any atom is -0.339 e. The summed E-state index contributed by atoms with van der Waals surface area (Å²) in [5.74, 6) is 0.512. The van der Waals surface area contributed by atoms with Gasteiger partial charge < -0.3 is 4.90 Å². The van der Waals surface area contributed by atoms with E-state index in [1.54, 1.807) is 0 Å². The van der Waals surface area contributed by atoms with Crippen molar-refractivity contribution in [1.82, 2.24) is 4.90 Å². The number of halogens is 1. The molecule has 0 spiro atoms. The van der Waals surface area contributed by atoms with Crippen molar-refractivity contribution < 1.29 is 9.18 Å². The number of hydrogen-bond donors (Lipinski definition) is 0. The van der Waals surface area contributed by atoms with Crippen molar-refractivity contribution in [2.45, 2.75) is 19.3 Å². The van der Waals surface area contributed by atoms with Gasteiger partial charge in [-0.3, -0.25) is 4.79 Å². The van der Waals surface area contributed by atoms with Gasteiger partial charge in [0.25, 0.3) is 5.91 Å². The zero-order valence-corrected chi connectivity index (χ0v) is 12.5. The van der Waals surface area contributed by atoms with Crippen LogP contribution in [0.2, 0.25) is 0 Å². The second-order valence-electron chi connectivity index (χ2n) is 5.93. The molecule has 0 N–H and O–H groups in total. The number of benzene rings is 2. The fourth-order valence-corrected chi connectivity index (χ4v) is 3.06. The first-order chi connectivity index (χ1) is 10.7. The number of piperidine rings is 1. The summed E-state index contributed by atoms with van der Waals surface area (Å²) in [5, 5.41) is 0. The zero-order chi connectivity index (χ0) is 15.4. The molecule has 2 aromatic rings. The highest BCUT2D eigenvalue weighted by atomic mass is 19.1. The lowest BCUT2D eigenvalue weighted by Gasteiger charge is -2.32. The molecule has 0 aliphatic carbocycles. The monoisotopic (exact) mass is 297 g/mol. The Bertz CT molecular complexity index is 616. The van der Waals surface area contributed by atoms with Crippen LogP contribution < -0.4 is 0 Å². The Kier molecular flexibility index (Phi) is 4.52. The predicted molar refractivity (Wildman–Crippen MR) is 85.2 cm³/mol. The molecule has 0 bridgehead atoms. The highest BCUT2D eigenvalue weighted by molar-refractivity contribution is 5.94. The van der Waals surface area contributed by atoms with Gasteiger partial charge in [0, 0.05) is 18.7 Å². The second-order valence-corrected chi connectivity index (χ2v) is 5.93. The molecule has 0 aromatic heterocycles. The lowest BCUT2D eigenvalue weighted by atomic mass is 9.90. The molecule has 0 atom stereocenters. The van der Waals surface area contributed by atoms with Gasteiger partial charge in [-0.1, -0.05) is 30.3 Å². The highest BCUT2D eigenvalue weighted by Crippen LogP contribution is 2.23. The van der Waals surface area contributed by atoms with Crippen LogP contribution in [0.1, 0.15) is 28.8 Å². The summed E-state index contributed by atoms with van der Waals surface area (Å²) in [6, 6.07) is 16.2. The number of nitrogens with zero attached hydrogens (tertiary/aromatic N) is 1. The number of carbonyl (C=O) groups is 1. The van der Waals surface area contributed by atoms with Gasteiger partial charge >= 0.3 is 0 Å². The van der Waals surface area contributed by atoms with E-state index >= 15 is 0 Å². The predicted octanol–water partition coefficient (Wildman–Crippen LogP) is 3.92. The van der Waals surface area contributed by atoms with Gasteiger partial charge in [-0.05, 0) is 55.0 Å². The topological polar surface area (TPSA) is 20.3 Å². The van der Waals surface area contributed by atoms with E-state index in [1.165, 1.54) is 17.7 Å². The van der Waals surface area contributed by atoms with Gasteiger partial charge in [0.2, 0.25) is 0 Å². The van der Waals surface area contributed by atoms with E-state index in [9.17, 15) is 9.18 Å². The minimum atomic E-state index is -0.188. The molecule has 114 valence electrons. The van der Waals surface area contributed by atoms with Crippen molar-refractivity contribution in [2.24, 2.45) is 5.92 Å². The molecule has 2 aromatic carbocycles. The smallest absolute Gasteiger partial charge is 0.253 e. The maximum atomic E-state index is 12.9. The Labute approximate surface area is 130 Å². The van der Waals surface area contributed by atoms with Crippen LogP contribution in [-0.2, 0) is 6.42 Å². The van der Waals surface area contributed by atoms with Gasteiger partial charge in [-0.2, -0.15) is 0 Å². The summed E-state index contributed by atoms with van der Waals surface area (Å²) in [6.45, 7) is 1.61. The normalized spacial score (nSPS) is 15.8. The Morgan fingerprint density at radius 1 is 1.00 bits per heavy atom. The molecule has 2 nitrogen and oxygen atoms in total. The molecule has 3 rings (SSSR count). The van der Waals surface area contributed by atoms with Crippen LogP contribution in [0.3, 0.4) is 0 Å².